The van der Waals surface area contributed by atoms with Gasteiger partial charge >= 0.3 is 5.97 Å². The molecule has 0 spiro atoms. The van der Waals surface area contributed by atoms with E-state index in [9.17, 15) is 4.79 Å². The third-order valence-corrected chi connectivity index (χ3v) is 2.07. The molecule has 0 bridgehead atoms. The summed E-state index contributed by atoms with van der Waals surface area (Å²) in [6, 6.07) is 2.83. The molecule has 2 N–H and O–H groups in total. The molecule has 1 aromatic rings. The van der Waals surface area contributed by atoms with Gasteiger partial charge in [0.2, 0.25) is 0 Å². The molecular formula is C9H9ClO3. The van der Waals surface area contributed by atoms with Crippen molar-refractivity contribution in [3.63, 3.8) is 0 Å². The molecule has 0 saturated heterocycles. The Kier molecular flexibility index (Phi) is 2.78. The SMILES string of the molecule is Cc1cc(O)cc(Cl)c1CC(=O)O. The van der Waals surface area contributed by atoms with Gasteiger partial charge in [-0.05, 0) is 30.2 Å². The van der Waals surface area contributed by atoms with Gasteiger partial charge in [0.05, 0.1) is 6.42 Å². The molecule has 1 aromatic carbocycles. The van der Waals surface area contributed by atoms with Gasteiger partial charge in [-0.3, -0.25) is 4.79 Å². The Morgan fingerprint density at radius 3 is 2.62 bits per heavy atom. The number of aryl methyl sites for hydroxylation is 1. The van der Waals surface area contributed by atoms with Crippen LogP contribution in [0.15, 0.2) is 12.1 Å². The number of phenolic OH excluding ortho intramolecular Hbond substituents is 1. The standard InChI is InChI=1S/C9H9ClO3/c1-5-2-6(11)3-8(10)7(5)4-9(12)13/h2-3,11H,4H2,1H3,(H,12,13). The van der Waals surface area contributed by atoms with Gasteiger partial charge in [-0.15, -0.1) is 0 Å². The van der Waals surface area contributed by atoms with E-state index in [2.05, 4.69) is 0 Å². The molecule has 0 aliphatic rings. The molecule has 0 atom stereocenters. The van der Waals surface area contributed by atoms with Crippen LogP contribution < -0.4 is 0 Å². The lowest BCUT2D eigenvalue weighted by Gasteiger charge is -2.06. The molecule has 0 aliphatic carbocycles. The molecule has 0 saturated carbocycles. The number of halogens is 1. The van der Waals surface area contributed by atoms with E-state index in [1.165, 1.54) is 12.1 Å². The summed E-state index contributed by atoms with van der Waals surface area (Å²) >= 11 is 5.76. The maximum atomic E-state index is 10.4. The van der Waals surface area contributed by atoms with Gasteiger partial charge in [0, 0.05) is 5.02 Å². The molecule has 4 heteroatoms. The van der Waals surface area contributed by atoms with Crippen molar-refractivity contribution in [2.45, 2.75) is 13.3 Å². The first-order chi connectivity index (χ1) is 6.00. The normalized spacial score (nSPS) is 10.0. The predicted octanol–water partition coefficient (Wildman–Crippen LogP) is 1.98. The lowest BCUT2D eigenvalue weighted by Crippen LogP contribution is -2.02. The monoisotopic (exact) mass is 200 g/mol. The molecule has 13 heavy (non-hydrogen) atoms. The van der Waals surface area contributed by atoms with Crippen LogP contribution in [0.5, 0.6) is 5.75 Å². The largest absolute Gasteiger partial charge is 0.508 e. The van der Waals surface area contributed by atoms with Gasteiger partial charge in [0.1, 0.15) is 5.75 Å². The summed E-state index contributed by atoms with van der Waals surface area (Å²) in [7, 11) is 0. The van der Waals surface area contributed by atoms with Crippen molar-refractivity contribution < 1.29 is 15.0 Å². The molecule has 3 nitrogen and oxygen atoms in total. The van der Waals surface area contributed by atoms with E-state index in [4.69, 9.17) is 21.8 Å². The number of hydrogen-bond donors (Lipinski definition) is 2. The van der Waals surface area contributed by atoms with Crippen LogP contribution in [0.3, 0.4) is 0 Å². The van der Waals surface area contributed by atoms with Crippen molar-refractivity contribution in [2.75, 3.05) is 0 Å². The third kappa shape index (κ3) is 2.36. The molecule has 0 fully saturated rings. The summed E-state index contributed by atoms with van der Waals surface area (Å²) in [5.74, 6) is -0.882. The Balaban J connectivity index is 3.13. The van der Waals surface area contributed by atoms with Crippen molar-refractivity contribution in [1.29, 1.82) is 0 Å². The van der Waals surface area contributed by atoms with Crippen LogP contribution in [0.25, 0.3) is 0 Å². The highest BCUT2D eigenvalue weighted by Gasteiger charge is 2.09. The molecule has 0 aromatic heterocycles. The molecule has 0 radical (unpaired) electrons. The summed E-state index contributed by atoms with van der Waals surface area (Å²) in [5, 5.41) is 18.0. The number of hydrogen-bond acceptors (Lipinski definition) is 2. The van der Waals surface area contributed by atoms with Crippen LogP contribution >= 0.6 is 11.6 Å². The van der Waals surface area contributed by atoms with E-state index in [-0.39, 0.29) is 12.2 Å². The molecule has 70 valence electrons. The Labute approximate surface area is 80.6 Å². The third-order valence-electron chi connectivity index (χ3n) is 1.73. The number of rotatable bonds is 2. The van der Waals surface area contributed by atoms with Crippen LogP contribution in [-0.2, 0) is 11.2 Å². The minimum atomic E-state index is -0.935. The second kappa shape index (κ2) is 3.66. The highest BCUT2D eigenvalue weighted by molar-refractivity contribution is 6.31. The molecular weight excluding hydrogens is 192 g/mol. The van der Waals surface area contributed by atoms with Crippen LogP contribution in [-0.4, -0.2) is 16.2 Å². The zero-order valence-corrected chi connectivity index (χ0v) is 7.80. The first-order valence-electron chi connectivity index (χ1n) is 3.70. The first-order valence-corrected chi connectivity index (χ1v) is 4.08. The minimum Gasteiger partial charge on any atom is -0.508 e. The van der Waals surface area contributed by atoms with Crippen molar-refractivity contribution >= 4 is 17.6 Å². The summed E-state index contributed by atoms with van der Waals surface area (Å²) in [6.07, 6.45) is -0.120. The number of carboxylic acid groups (broad SMARTS) is 1. The van der Waals surface area contributed by atoms with Crippen molar-refractivity contribution in [1.82, 2.24) is 0 Å². The highest BCUT2D eigenvalue weighted by atomic mass is 35.5. The molecule has 0 heterocycles. The van der Waals surface area contributed by atoms with Crippen molar-refractivity contribution in [3.05, 3.63) is 28.3 Å². The lowest BCUT2D eigenvalue weighted by atomic mass is 10.1. The van der Waals surface area contributed by atoms with Crippen LogP contribution in [0.2, 0.25) is 5.02 Å². The van der Waals surface area contributed by atoms with Gasteiger partial charge in [-0.1, -0.05) is 11.6 Å². The van der Waals surface area contributed by atoms with Crippen molar-refractivity contribution in [2.24, 2.45) is 0 Å². The van der Waals surface area contributed by atoms with Gasteiger partial charge in [-0.25, -0.2) is 0 Å². The van der Waals surface area contributed by atoms with Crippen LogP contribution in [0.1, 0.15) is 11.1 Å². The number of phenols is 1. The number of carboxylic acids is 1. The van der Waals surface area contributed by atoms with E-state index in [1.54, 1.807) is 6.92 Å². The fourth-order valence-corrected chi connectivity index (χ4v) is 1.46. The maximum Gasteiger partial charge on any atom is 0.307 e. The molecule has 0 aliphatic heterocycles. The minimum absolute atomic E-state index is 0.0524. The van der Waals surface area contributed by atoms with Crippen molar-refractivity contribution in [3.8, 4) is 5.75 Å². The summed E-state index contributed by atoms with van der Waals surface area (Å²) in [6.45, 7) is 1.71. The van der Waals surface area contributed by atoms with E-state index in [0.717, 1.165) is 0 Å². The fraction of sp³-hybridized carbons (Fsp3) is 0.222. The van der Waals surface area contributed by atoms with E-state index >= 15 is 0 Å². The quantitative estimate of drug-likeness (QED) is 0.768. The summed E-state index contributed by atoms with van der Waals surface area (Å²) in [4.78, 5) is 10.4. The zero-order valence-electron chi connectivity index (χ0n) is 7.04. The van der Waals surface area contributed by atoms with E-state index < -0.39 is 5.97 Å². The van der Waals surface area contributed by atoms with Gasteiger partial charge in [-0.2, -0.15) is 0 Å². The first kappa shape index (κ1) is 9.86. The van der Waals surface area contributed by atoms with Gasteiger partial charge in [0.25, 0.3) is 0 Å². The molecule has 0 unspecified atom stereocenters. The van der Waals surface area contributed by atoms with Crippen LogP contribution in [0, 0.1) is 6.92 Å². The predicted molar refractivity (Wildman–Crippen MR) is 49.2 cm³/mol. The zero-order chi connectivity index (χ0) is 10.0. The second-order valence-electron chi connectivity index (χ2n) is 2.79. The number of carbonyl (C=O) groups is 1. The number of aromatic hydroxyl groups is 1. The highest BCUT2D eigenvalue weighted by Crippen LogP contribution is 2.25. The summed E-state index contributed by atoms with van der Waals surface area (Å²) in [5.41, 5.74) is 1.24. The Hall–Kier alpha value is -1.22. The topological polar surface area (TPSA) is 57.5 Å². The van der Waals surface area contributed by atoms with E-state index in [1.807, 2.05) is 0 Å². The van der Waals surface area contributed by atoms with Crippen LogP contribution in [0.4, 0.5) is 0 Å². The molecule has 1 rings (SSSR count). The summed E-state index contributed by atoms with van der Waals surface area (Å²) < 4.78 is 0. The van der Waals surface area contributed by atoms with Gasteiger partial charge < -0.3 is 10.2 Å². The molecule has 0 amide bonds. The maximum absolute atomic E-state index is 10.4. The Morgan fingerprint density at radius 2 is 2.15 bits per heavy atom. The smallest absolute Gasteiger partial charge is 0.307 e. The van der Waals surface area contributed by atoms with E-state index in [0.29, 0.717) is 16.1 Å². The average molecular weight is 201 g/mol. The fourth-order valence-electron chi connectivity index (χ4n) is 1.13. The number of aliphatic carboxylic acids is 1. The average Bonchev–Trinajstić information content (AvgIpc) is 1.96. The second-order valence-corrected chi connectivity index (χ2v) is 3.20. The Morgan fingerprint density at radius 1 is 1.54 bits per heavy atom. The van der Waals surface area contributed by atoms with Gasteiger partial charge in [0.15, 0.2) is 0 Å². The Bertz CT molecular complexity index is 324. The number of benzene rings is 1. The lowest BCUT2D eigenvalue weighted by molar-refractivity contribution is -0.136.